The second-order valence-corrected chi connectivity index (χ2v) is 9.53. The monoisotopic (exact) mass is 456 g/mol. The zero-order valence-electron chi connectivity index (χ0n) is 19.1. The van der Waals surface area contributed by atoms with Gasteiger partial charge in [0, 0.05) is 17.8 Å². The van der Waals surface area contributed by atoms with Gasteiger partial charge in [0.2, 0.25) is 5.91 Å². The minimum absolute atomic E-state index is 0.0553. The summed E-state index contributed by atoms with van der Waals surface area (Å²) in [7, 11) is 0. The Morgan fingerprint density at radius 2 is 1.52 bits per heavy atom. The molecule has 0 radical (unpaired) electrons. The van der Waals surface area contributed by atoms with E-state index in [2.05, 4.69) is 47.6 Å². The molecule has 5 nitrogen and oxygen atoms in total. The molecule has 1 unspecified atom stereocenters. The average Bonchev–Trinajstić information content (AvgIpc) is 3.22. The third-order valence-corrected chi connectivity index (χ3v) is 6.45. The zero-order chi connectivity index (χ0) is 23.2. The van der Waals surface area contributed by atoms with Crippen molar-refractivity contribution in [3.8, 4) is 5.69 Å². The van der Waals surface area contributed by atoms with Crippen molar-refractivity contribution in [1.29, 1.82) is 0 Å². The Labute approximate surface area is 199 Å². The van der Waals surface area contributed by atoms with Gasteiger partial charge in [-0.15, -0.1) is 10.2 Å². The molecule has 0 saturated heterocycles. The Morgan fingerprint density at radius 1 is 0.879 bits per heavy atom. The number of nitrogens with zero attached hydrogens (tertiary/aromatic N) is 3. The summed E-state index contributed by atoms with van der Waals surface area (Å²) in [6, 6.07) is 28.2. The molecule has 0 fully saturated rings. The summed E-state index contributed by atoms with van der Waals surface area (Å²) in [5.74, 6) is 1.11. The number of aromatic nitrogens is 3. The number of nitrogens with one attached hydrogen (secondary N) is 1. The molecule has 1 aromatic heterocycles. The summed E-state index contributed by atoms with van der Waals surface area (Å²) in [6.07, 6.45) is 0.658. The van der Waals surface area contributed by atoms with Crippen molar-refractivity contribution in [3.05, 3.63) is 102 Å². The third-order valence-electron chi connectivity index (χ3n) is 5.41. The number of amides is 1. The molecule has 1 atom stereocenters. The number of hydrogen-bond donors (Lipinski definition) is 1. The van der Waals surface area contributed by atoms with Crippen LogP contribution >= 0.6 is 11.8 Å². The Morgan fingerprint density at radius 3 is 2.21 bits per heavy atom. The maximum absolute atomic E-state index is 13.0. The summed E-state index contributed by atoms with van der Waals surface area (Å²) in [4.78, 5) is 13.0. The number of anilines is 1. The van der Waals surface area contributed by atoms with E-state index >= 15 is 0 Å². The largest absolute Gasteiger partial charge is 0.325 e. The van der Waals surface area contributed by atoms with Crippen molar-refractivity contribution < 1.29 is 4.79 Å². The van der Waals surface area contributed by atoms with Crippen LogP contribution in [0.15, 0.2) is 90.1 Å². The molecule has 3 aromatic carbocycles. The van der Waals surface area contributed by atoms with Crippen LogP contribution in [0, 0.1) is 0 Å². The van der Waals surface area contributed by atoms with Crippen LogP contribution in [0.25, 0.3) is 5.69 Å². The zero-order valence-corrected chi connectivity index (χ0v) is 19.9. The predicted molar refractivity (Wildman–Crippen MR) is 135 cm³/mol. The summed E-state index contributed by atoms with van der Waals surface area (Å²) >= 11 is 1.42. The van der Waals surface area contributed by atoms with Gasteiger partial charge >= 0.3 is 0 Å². The number of carbonyl (C=O) groups is 1. The van der Waals surface area contributed by atoms with Crippen LogP contribution in [0.2, 0.25) is 0 Å². The second kappa shape index (κ2) is 10.5. The molecular formula is C27H28N4OS. The van der Waals surface area contributed by atoms with Crippen LogP contribution in [0.4, 0.5) is 5.69 Å². The highest BCUT2D eigenvalue weighted by Gasteiger charge is 2.22. The highest BCUT2D eigenvalue weighted by atomic mass is 32.2. The van der Waals surface area contributed by atoms with E-state index in [0.717, 1.165) is 28.3 Å². The Hall–Kier alpha value is -3.38. The Kier molecular flexibility index (Phi) is 7.25. The molecule has 4 rings (SSSR count). The summed E-state index contributed by atoms with van der Waals surface area (Å²) in [5, 5.41) is 12.4. The first-order chi connectivity index (χ1) is 16.0. The summed E-state index contributed by atoms with van der Waals surface area (Å²) in [6.45, 7) is 6.15. The fraction of sp³-hybridized carbons (Fsp3) is 0.222. The van der Waals surface area contributed by atoms with E-state index in [4.69, 9.17) is 0 Å². The topological polar surface area (TPSA) is 59.8 Å². The molecule has 0 bridgehead atoms. The number of para-hydroxylation sites is 2. The van der Waals surface area contributed by atoms with Gasteiger partial charge in [-0.25, -0.2) is 0 Å². The molecule has 0 saturated carbocycles. The summed E-state index contributed by atoms with van der Waals surface area (Å²) in [5.41, 5.74) is 4.13. The lowest BCUT2D eigenvalue weighted by molar-refractivity contribution is -0.115. The van der Waals surface area contributed by atoms with Crippen molar-refractivity contribution in [1.82, 2.24) is 14.8 Å². The van der Waals surface area contributed by atoms with Gasteiger partial charge in [0.05, 0.1) is 5.25 Å². The Balaban J connectivity index is 1.58. The minimum Gasteiger partial charge on any atom is -0.325 e. The maximum atomic E-state index is 13.0. The van der Waals surface area contributed by atoms with Gasteiger partial charge in [-0.3, -0.25) is 9.36 Å². The SMILES string of the molecule is CC(Sc1nnc(Cc2ccccc2)n1-c1ccccc1)C(=O)Nc1ccccc1C(C)C. The van der Waals surface area contributed by atoms with Crippen LogP contribution in [-0.4, -0.2) is 25.9 Å². The first-order valence-corrected chi connectivity index (χ1v) is 12.0. The average molecular weight is 457 g/mol. The molecule has 1 N–H and O–H groups in total. The highest BCUT2D eigenvalue weighted by molar-refractivity contribution is 8.00. The standard InChI is InChI=1S/C27H28N4OS/c1-19(2)23-16-10-11-17-24(23)28-26(32)20(3)33-27-30-29-25(18-21-12-6-4-7-13-21)31(27)22-14-8-5-9-15-22/h4-17,19-20H,18H2,1-3H3,(H,28,32). The Bertz CT molecular complexity index is 1210. The third kappa shape index (κ3) is 5.52. The number of hydrogen-bond acceptors (Lipinski definition) is 4. The molecule has 4 aromatic rings. The maximum Gasteiger partial charge on any atom is 0.237 e. The van der Waals surface area contributed by atoms with Gasteiger partial charge in [-0.1, -0.05) is 92.3 Å². The van der Waals surface area contributed by atoms with Gasteiger partial charge in [0.1, 0.15) is 5.82 Å². The van der Waals surface area contributed by atoms with Crippen molar-refractivity contribution in [2.24, 2.45) is 0 Å². The van der Waals surface area contributed by atoms with Crippen LogP contribution in [0.5, 0.6) is 0 Å². The first kappa shape index (κ1) is 22.8. The van der Waals surface area contributed by atoms with Crippen LogP contribution in [0.1, 0.15) is 43.6 Å². The van der Waals surface area contributed by atoms with Crippen molar-refractivity contribution in [2.45, 2.75) is 43.5 Å². The first-order valence-electron chi connectivity index (χ1n) is 11.1. The molecular weight excluding hydrogens is 428 g/mol. The van der Waals surface area contributed by atoms with E-state index < -0.39 is 0 Å². The predicted octanol–water partition coefficient (Wildman–Crippen LogP) is 6.10. The molecule has 1 amide bonds. The fourth-order valence-corrected chi connectivity index (χ4v) is 4.55. The smallest absolute Gasteiger partial charge is 0.237 e. The molecule has 6 heteroatoms. The molecule has 1 heterocycles. The van der Waals surface area contributed by atoms with E-state index in [0.29, 0.717) is 17.5 Å². The number of rotatable bonds is 8. The second-order valence-electron chi connectivity index (χ2n) is 8.22. The van der Waals surface area contributed by atoms with Gasteiger partial charge in [-0.05, 0) is 42.2 Å². The molecule has 0 aliphatic carbocycles. The van der Waals surface area contributed by atoms with E-state index in [1.165, 1.54) is 11.8 Å². The number of benzene rings is 3. The molecule has 0 spiro atoms. The van der Waals surface area contributed by atoms with Crippen LogP contribution in [0.3, 0.4) is 0 Å². The fourth-order valence-electron chi connectivity index (χ4n) is 3.67. The number of carbonyl (C=O) groups excluding carboxylic acids is 1. The lowest BCUT2D eigenvalue weighted by atomic mass is 10.0. The normalized spacial score (nSPS) is 12.0. The van der Waals surface area contributed by atoms with Gasteiger partial charge < -0.3 is 5.32 Å². The van der Waals surface area contributed by atoms with E-state index in [9.17, 15) is 4.79 Å². The van der Waals surface area contributed by atoms with Gasteiger partial charge in [0.25, 0.3) is 0 Å². The highest BCUT2D eigenvalue weighted by Crippen LogP contribution is 2.29. The molecule has 168 valence electrons. The minimum atomic E-state index is -0.346. The van der Waals surface area contributed by atoms with Crippen molar-refractivity contribution in [3.63, 3.8) is 0 Å². The molecule has 33 heavy (non-hydrogen) atoms. The van der Waals surface area contributed by atoms with Gasteiger partial charge in [0.15, 0.2) is 5.16 Å². The van der Waals surface area contributed by atoms with E-state index in [1.807, 2.05) is 78.2 Å². The van der Waals surface area contributed by atoms with Crippen molar-refractivity contribution >= 4 is 23.4 Å². The van der Waals surface area contributed by atoms with Crippen molar-refractivity contribution in [2.75, 3.05) is 5.32 Å². The summed E-state index contributed by atoms with van der Waals surface area (Å²) < 4.78 is 2.05. The van der Waals surface area contributed by atoms with E-state index in [-0.39, 0.29) is 11.2 Å². The molecule has 0 aliphatic heterocycles. The lowest BCUT2D eigenvalue weighted by Crippen LogP contribution is -2.23. The van der Waals surface area contributed by atoms with E-state index in [1.54, 1.807) is 0 Å². The number of thioether (sulfide) groups is 1. The van der Waals surface area contributed by atoms with Gasteiger partial charge in [-0.2, -0.15) is 0 Å². The quantitative estimate of drug-likeness (QED) is 0.325. The molecule has 0 aliphatic rings. The van der Waals surface area contributed by atoms with Crippen LogP contribution < -0.4 is 5.32 Å². The lowest BCUT2D eigenvalue weighted by Gasteiger charge is -2.17. The van der Waals surface area contributed by atoms with Crippen LogP contribution in [-0.2, 0) is 11.2 Å².